The SMILES string of the molecule is CN(CC(=O)NC1(c2cccc(Br)c2)CCOCC1)C1=NS(=O)(=O)c2ccccc21. The molecule has 4 rings (SSSR count). The molecule has 0 atom stereocenters. The van der Waals surface area contributed by atoms with Gasteiger partial charge in [-0.2, -0.15) is 8.42 Å². The summed E-state index contributed by atoms with van der Waals surface area (Å²) in [7, 11) is -2.06. The quantitative estimate of drug-likeness (QED) is 0.709. The van der Waals surface area contributed by atoms with E-state index in [-0.39, 0.29) is 23.2 Å². The molecule has 1 saturated heterocycles. The number of sulfonamides is 1. The minimum atomic E-state index is -3.73. The molecular weight excluding hydrogens is 470 g/mol. The molecule has 0 bridgehead atoms. The van der Waals surface area contributed by atoms with Crippen LogP contribution in [0.25, 0.3) is 0 Å². The fraction of sp³-hybridized carbons (Fsp3) is 0.333. The van der Waals surface area contributed by atoms with Crippen LogP contribution in [0.1, 0.15) is 24.0 Å². The highest BCUT2D eigenvalue weighted by molar-refractivity contribution is 9.10. The molecule has 0 aliphatic carbocycles. The Bertz CT molecular complexity index is 1110. The fourth-order valence-electron chi connectivity index (χ4n) is 3.95. The highest BCUT2D eigenvalue weighted by Crippen LogP contribution is 2.33. The first-order valence-electron chi connectivity index (χ1n) is 9.61. The summed E-state index contributed by atoms with van der Waals surface area (Å²) in [5, 5.41) is 3.19. The van der Waals surface area contributed by atoms with Crippen molar-refractivity contribution in [2.24, 2.45) is 4.40 Å². The van der Waals surface area contributed by atoms with Crippen molar-refractivity contribution in [1.82, 2.24) is 10.2 Å². The smallest absolute Gasteiger partial charge is 0.285 e. The summed E-state index contributed by atoms with van der Waals surface area (Å²) in [5.41, 5.74) is 1.00. The minimum absolute atomic E-state index is 0.0146. The lowest BCUT2D eigenvalue weighted by Gasteiger charge is -2.39. The van der Waals surface area contributed by atoms with Gasteiger partial charge in [-0.1, -0.05) is 40.2 Å². The number of hydrogen-bond donors (Lipinski definition) is 1. The van der Waals surface area contributed by atoms with Gasteiger partial charge in [0, 0.05) is 30.3 Å². The standard InChI is InChI=1S/C21H22BrN3O4S/c1-25(20-17-7-2-3-8-18(17)30(27,28)24-20)14-19(26)23-21(9-11-29-12-10-21)15-5-4-6-16(22)13-15/h2-8,13H,9-12,14H2,1H3,(H,23,26). The normalized spacial score (nSPS) is 18.9. The van der Waals surface area contributed by atoms with Gasteiger partial charge in [0.05, 0.1) is 12.1 Å². The van der Waals surface area contributed by atoms with E-state index in [0.717, 1.165) is 10.0 Å². The number of fused-ring (bicyclic) bond motifs is 1. The Hall–Kier alpha value is -2.23. The molecule has 0 aromatic heterocycles. The molecule has 2 aliphatic rings. The van der Waals surface area contributed by atoms with Crippen molar-refractivity contribution in [3.63, 3.8) is 0 Å². The van der Waals surface area contributed by atoms with E-state index in [0.29, 0.717) is 31.6 Å². The van der Waals surface area contributed by atoms with Gasteiger partial charge in [-0.25, -0.2) is 0 Å². The highest BCUT2D eigenvalue weighted by Gasteiger charge is 2.37. The van der Waals surface area contributed by atoms with Crippen molar-refractivity contribution in [3.8, 4) is 0 Å². The first kappa shape index (κ1) is 21.0. The number of amides is 1. The number of benzene rings is 2. The second kappa shape index (κ2) is 8.13. The van der Waals surface area contributed by atoms with E-state index in [1.807, 2.05) is 24.3 Å². The van der Waals surface area contributed by atoms with E-state index in [2.05, 4.69) is 25.6 Å². The second-order valence-corrected chi connectivity index (χ2v) is 9.98. The number of carbonyl (C=O) groups excluding carboxylic acids is 1. The molecule has 9 heteroatoms. The topological polar surface area (TPSA) is 88.1 Å². The van der Waals surface area contributed by atoms with Crippen LogP contribution in [0.3, 0.4) is 0 Å². The summed E-state index contributed by atoms with van der Waals surface area (Å²) in [6.45, 7) is 1.10. The lowest BCUT2D eigenvalue weighted by Crippen LogP contribution is -2.52. The molecule has 7 nitrogen and oxygen atoms in total. The van der Waals surface area contributed by atoms with Crippen LogP contribution in [-0.4, -0.2) is 51.9 Å². The van der Waals surface area contributed by atoms with Crippen molar-refractivity contribution in [2.45, 2.75) is 23.3 Å². The van der Waals surface area contributed by atoms with Crippen LogP contribution < -0.4 is 5.32 Å². The van der Waals surface area contributed by atoms with Crippen molar-refractivity contribution in [2.75, 3.05) is 26.8 Å². The summed E-state index contributed by atoms with van der Waals surface area (Å²) in [6.07, 6.45) is 1.33. The third-order valence-electron chi connectivity index (χ3n) is 5.46. The zero-order chi connectivity index (χ0) is 21.4. The number of halogens is 1. The number of nitrogens with one attached hydrogen (secondary N) is 1. The summed E-state index contributed by atoms with van der Waals surface area (Å²) in [5.74, 6) is 0.0769. The van der Waals surface area contributed by atoms with Gasteiger partial charge >= 0.3 is 0 Å². The van der Waals surface area contributed by atoms with Crippen LogP contribution in [0.4, 0.5) is 0 Å². The Morgan fingerprint density at radius 1 is 1.20 bits per heavy atom. The number of ether oxygens (including phenoxy) is 1. The number of nitrogens with zero attached hydrogens (tertiary/aromatic N) is 2. The van der Waals surface area contributed by atoms with Crippen molar-refractivity contribution < 1.29 is 17.9 Å². The van der Waals surface area contributed by atoms with Crippen molar-refractivity contribution >= 4 is 37.7 Å². The minimum Gasteiger partial charge on any atom is -0.381 e. The molecule has 1 fully saturated rings. The third-order valence-corrected chi connectivity index (χ3v) is 7.28. The van der Waals surface area contributed by atoms with Crippen molar-refractivity contribution in [3.05, 3.63) is 64.1 Å². The van der Waals surface area contributed by atoms with Gasteiger partial charge in [0.2, 0.25) is 5.91 Å². The number of likely N-dealkylation sites (N-methyl/N-ethyl adjacent to an activating group) is 1. The van der Waals surface area contributed by atoms with E-state index in [9.17, 15) is 13.2 Å². The molecule has 158 valence electrons. The largest absolute Gasteiger partial charge is 0.381 e. The molecule has 2 aliphatic heterocycles. The van der Waals surface area contributed by atoms with Gasteiger partial charge in [-0.15, -0.1) is 4.40 Å². The second-order valence-electron chi connectivity index (χ2n) is 7.50. The maximum atomic E-state index is 13.0. The average molecular weight is 492 g/mol. The fourth-order valence-corrected chi connectivity index (χ4v) is 5.60. The summed E-state index contributed by atoms with van der Waals surface area (Å²) in [6, 6.07) is 14.6. The summed E-state index contributed by atoms with van der Waals surface area (Å²) >= 11 is 3.51. The molecule has 2 aromatic carbocycles. The molecule has 0 radical (unpaired) electrons. The molecular formula is C21H22BrN3O4S. The Morgan fingerprint density at radius 2 is 1.93 bits per heavy atom. The average Bonchev–Trinajstić information content (AvgIpc) is 3.00. The van der Waals surface area contributed by atoms with Gasteiger partial charge in [0.15, 0.2) is 5.84 Å². The molecule has 1 amide bonds. The molecule has 30 heavy (non-hydrogen) atoms. The monoisotopic (exact) mass is 491 g/mol. The van der Waals surface area contributed by atoms with Gasteiger partial charge < -0.3 is 15.0 Å². The Balaban J connectivity index is 1.55. The molecule has 2 heterocycles. The van der Waals surface area contributed by atoms with Gasteiger partial charge in [-0.3, -0.25) is 4.79 Å². The number of carbonyl (C=O) groups is 1. The summed E-state index contributed by atoms with van der Waals surface area (Å²) < 4.78 is 35.0. The molecule has 1 N–H and O–H groups in total. The van der Waals surface area contributed by atoms with Gasteiger partial charge in [0.25, 0.3) is 10.0 Å². The van der Waals surface area contributed by atoms with Crippen LogP contribution in [0.15, 0.2) is 62.3 Å². The Kier molecular flexibility index (Phi) is 5.69. The third kappa shape index (κ3) is 4.01. The van der Waals surface area contributed by atoms with Crippen molar-refractivity contribution in [1.29, 1.82) is 0 Å². The first-order chi connectivity index (χ1) is 14.3. The highest BCUT2D eigenvalue weighted by atomic mass is 79.9. The van der Waals surface area contributed by atoms with E-state index >= 15 is 0 Å². The maximum Gasteiger partial charge on any atom is 0.285 e. The molecule has 0 unspecified atom stereocenters. The number of hydrogen-bond acceptors (Lipinski definition) is 5. The Labute approximate surface area is 184 Å². The molecule has 0 saturated carbocycles. The van der Waals surface area contributed by atoms with E-state index in [1.165, 1.54) is 6.07 Å². The van der Waals surface area contributed by atoms with E-state index < -0.39 is 15.6 Å². The van der Waals surface area contributed by atoms with Gasteiger partial charge in [-0.05, 0) is 42.7 Å². The van der Waals surface area contributed by atoms with Crippen LogP contribution in [-0.2, 0) is 25.1 Å². The van der Waals surface area contributed by atoms with E-state index in [1.54, 1.807) is 30.1 Å². The lowest BCUT2D eigenvalue weighted by atomic mass is 9.82. The number of rotatable bonds is 4. The predicted octanol–water partition coefficient (Wildman–Crippen LogP) is 2.65. The first-order valence-corrected chi connectivity index (χ1v) is 11.8. The summed E-state index contributed by atoms with van der Waals surface area (Å²) in [4.78, 5) is 14.8. The van der Waals surface area contributed by atoms with Crippen LogP contribution >= 0.6 is 15.9 Å². The van der Waals surface area contributed by atoms with Gasteiger partial charge in [0.1, 0.15) is 4.90 Å². The number of amidine groups is 1. The zero-order valence-corrected chi connectivity index (χ0v) is 18.9. The maximum absolute atomic E-state index is 13.0. The molecule has 0 spiro atoms. The zero-order valence-electron chi connectivity index (χ0n) is 16.5. The predicted molar refractivity (Wildman–Crippen MR) is 117 cm³/mol. The van der Waals surface area contributed by atoms with Crippen LogP contribution in [0.2, 0.25) is 0 Å². The van der Waals surface area contributed by atoms with Crippen LogP contribution in [0, 0.1) is 0 Å². The lowest BCUT2D eigenvalue weighted by molar-refractivity contribution is -0.124. The Morgan fingerprint density at radius 3 is 2.67 bits per heavy atom. The van der Waals surface area contributed by atoms with E-state index in [4.69, 9.17) is 4.74 Å². The van der Waals surface area contributed by atoms with Crippen LogP contribution in [0.5, 0.6) is 0 Å². The molecule has 2 aromatic rings.